The molecule has 2 rings (SSSR count). The number of ether oxygens (including phenoxy) is 2. The Bertz CT molecular complexity index is 1350. The van der Waals surface area contributed by atoms with E-state index in [1.807, 2.05) is 88.4 Å². The number of nitrogens with one attached hydrogen (secondary N) is 3. The van der Waals surface area contributed by atoms with Crippen molar-refractivity contribution >= 4 is 24.0 Å². The number of nitrogens with zero attached hydrogens (tertiary/aromatic N) is 1. The molecular weight excluding hydrogens is 636 g/mol. The Morgan fingerprint density at radius 1 is 0.700 bits per heavy atom. The van der Waals surface area contributed by atoms with Crippen molar-refractivity contribution in [2.75, 3.05) is 6.54 Å². The lowest BCUT2D eigenvalue weighted by molar-refractivity contribution is -0.159. The first kappa shape index (κ1) is 42.0. The number of hydrogen-bond donors (Lipinski definition) is 4. The largest absolute Gasteiger partial charge is 0.458 e. The first-order valence-electron chi connectivity index (χ1n) is 17.6. The summed E-state index contributed by atoms with van der Waals surface area (Å²) in [6, 6.07) is 15.4. The molecule has 4 N–H and O–H groups in total. The fraction of sp³-hybridized carbons (Fsp3) is 0.590. The van der Waals surface area contributed by atoms with Crippen molar-refractivity contribution in [3.63, 3.8) is 0 Å². The first-order chi connectivity index (χ1) is 23.2. The highest BCUT2D eigenvalue weighted by atomic mass is 16.6. The van der Waals surface area contributed by atoms with E-state index in [2.05, 4.69) is 16.0 Å². The van der Waals surface area contributed by atoms with Crippen molar-refractivity contribution in [1.82, 2.24) is 20.9 Å². The number of amides is 4. The summed E-state index contributed by atoms with van der Waals surface area (Å²) in [7, 11) is 0. The van der Waals surface area contributed by atoms with Crippen LogP contribution in [0.5, 0.6) is 0 Å². The molecule has 0 bridgehead atoms. The highest BCUT2D eigenvalue weighted by molar-refractivity contribution is 5.90. The zero-order valence-corrected chi connectivity index (χ0v) is 31.6. The van der Waals surface area contributed by atoms with E-state index in [-0.39, 0.29) is 31.3 Å². The van der Waals surface area contributed by atoms with Crippen LogP contribution in [-0.4, -0.2) is 76.0 Å². The highest BCUT2D eigenvalue weighted by Crippen LogP contribution is 2.16. The zero-order valence-electron chi connectivity index (χ0n) is 31.6. The van der Waals surface area contributed by atoms with Gasteiger partial charge in [-0.25, -0.2) is 14.4 Å². The fourth-order valence-electron chi connectivity index (χ4n) is 5.26. The van der Waals surface area contributed by atoms with Gasteiger partial charge < -0.3 is 35.4 Å². The van der Waals surface area contributed by atoms with E-state index in [4.69, 9.17) is 9.47 Å². The third kappa shape index (κ3) is 16.5. The molecule has 0 unspecified atom stereocenters. The van der Waals surface area contributed by atoms with Crippen molar-refractivity contribution in [2.24, 2.45) is 11.8 Å². The Hall–Kier alpha value is -4.12. The van der Waals surface area contributed by atoms with Crippen molar-refractivity contribution in [1.29, 1.82) is 0 Å². The number of benzene rings is 2. The number of esters is 1. The zero-order chi connectivity index (χ0) is 37.6. The average molecular weight is 697 g/mol. The molecule has 0 spiro atoms. The van der Waals surface area contributed by atoms with Gasteiger partial charge in [0.15, 0.2) is 0 Å². The van der Waals surface area contributed by atoms with Gasteiger partial charge in [-0.15, -0.1) is 0 Å². The molecule has 0 saturated heterocycles. The molecule has 0 aliphatic rings. The Morgan fingerprint density at radius 2 is 1.20 bits per heavy atom. The topological polar surface area (TPSA) is 146 Å². The molecule has 50 heavy (non-hydrogen) atoms. The molecule has 2 aromatic carbocycles. The molecule has 11 nitrogen and oxygen atoms in total. The summed E-state index contributed by atoms with van der Waals surface area (Å²) >= 11 is 0. The molecule has 278 valence electrons. The monoisotopic (exact) mass is 696 g/mol. The third-order valence-electron chi connectivity index (χ3n) is 7.41. The number of carbonyl (C=O) groups is 4. The maximum Gasteiger partial charge on any atom is 0.407 e. The van der Waals surface area contributed by atoms with E-state index >= 15 is 0 Å². The summed E-state index contributed by atoms with van der Waals surface area (Å²) in [5, 5.41) is 20.2. The molecule has 0 saturated carbocycles. The lowest BCUT2D eigenvalue weighted by Crippen LogP contribution is -2.57. The average Bonchev–Trinajstić information content (AvgIpc) is 2.98. The van der Waals surface area contributed by atoms with Crippen LogP contribution in [0.15, 0.2) is 60.7 Å². The summed E-state index contributed by atoms with van der Waals surface area (Å²) in [5.41, 5.74) is 0.190. The van der Waals surface area contributed by atoms with Gasteiger partial charge in [0.25, 0.3) is 0 Å². The number of alkyl carbamates (subject to hydrolysis) is 1. The van der Waals surface area contributed by atoms with Crippen LogP contribution in [0.4, 0.5) is 9.59 Å². The van der Waals surface area contributed by atoms with E-state index < -0.39 is 59.4 Å². The molecule has 4 atom stereocenters. The van der Waals surface area contributed by atoms with Gasteiger partial charge in [-0.3, -0.25) is 4.79 Å². The number of rotatable bonds is 16. The molecule has 2 aromatic rings. The second-order valence-corrected chi connectivity index (χ2v) is 15.7. The molecule has 4 amide bonds. The van der Waals surface area contributed by atoms with Crippen LogP contribution in [0.1, 0.15) is 93.2 Å². The molecule has 0 fully saturated rings. The predicted octanol–water partition coefficient (Wildman–Crippen LogP) is 5.98. The third-order valence-corrected chi connectivity index (χ3v) is 7.41. The Kier molecular flexibility index (Phi) is 16.2. The van der Waals surface area contributed by atoms with E-state index in [1.54, 1.807) is 41.5 Å². The van der Waals surface area contributed by atoms with Gasteiger partial charge in [0.1, 0.15) is 23.3 Å². The van der Waals surface area contributed by atoms with Gasteiger partial charge in [-0.05, 0) is 83.8 Å². The van der Waals surface area contributed by atoms with Gasteiger partial charge in [-0.2, -0.15) is 0 Å². The quantitative estimate of drug-likeness (QED) is 0.158. The molecule has 11 heteroatoms. The molecular formula is C39H60N4O7. The van der Waals surface area contributed by atoms with Crippen LogP contribution in [0.3, 0.4) is 0 Å². The first-order valence-corrected chi connectivity index (χ1v) is 17.6. The van der Waals surface area contributed by atoms with Crippen molar-refractivity contribution in [2.45, 2.75) is 130 Å². The van der Waals surface area contributed by atoms with Gasteiger partial charge >= 0.3 is 18.1 Å². The Labute approximate surface area is 298 Å². The number of aliphatic hydroxyl groups is 1. The number of hydrogen-bond acceptors (Lipinski definition) is 7. The van der Waals surface area contributed by atoms with Gasteiger partial charge in [0.05, 0.1) is 18.7 Å². The molecule has 0 aliphatic carbocycles. The van der Waals surface area contributed by atoms with Gasteiger partial charge in [0.2, 0.25) is 5.91 Å². The van der Waals surface area contributed by atoms with Crippen molar-refractivity contribution in [3.05, 3.63) is 71.8 Å². The van der Waals surface area contributed by atoms with Crippen LogP contribution < -0.4 is 16.0 Å². The SMILES string of the molecule is CC(C)C[C@H](NC(=O)N(Cc1ccccc1)C[C@@H](O)[C@H](Cc1ccccc1)NC(=O)OC(C)(C)C)C(=O)N[C@H](CC(C)C)C(=O)OC(C)(C)C. The van der Waals surface area contributed by atoms with Gasteiger partial charge in [-0.1, -0.05) is 88.4 Å². The highest BCUT2D eigenvalue weighted by Gasteiger charge is 2.33. The smallest absolute Gasteiger partial charge is 0.407 e. The van der Waals surface area contributed by atoms with Crippen LogP contribution >= 0.6 is 0 Å². The maximum atomic E-state index is 14.1. The summed E-state index contributed by atoms with van der Waals surface area (Å²) in [4.78, 5) is 55.2. The Morgan fingerprint density at radius 3 is 1.70 bits per heavy atom. The van der Waals surface area contributed by atoms with Crippen LogP contribution in [0, 0.1) is 11.8 Å². The summed E-state index contributed by atoms with van der Waals surface area (Å²) < 4.78 is 11.1. The van der Waals surface area contributed by atoms with Crippen molar-refractivity contribution < 1.29 is 33.8 Å². The predicted molar refractivity (Wildman–Crippen MR) is 195 cm³/mol. The van der Waals surface area contributed by atoms with Crippen LogP contribution in [0.2, 0.25) is 0 Å². The minimum absolute atomic E-state index is 0.0255. The minimum atomic E-state index is -1.21. The number of aliphatic hydroxyl groups excluding tert-OH is 1. The second-order valence-electron chi connectivity index (χ2n) is 15.7. The Balaban J connectivity index is 2.38. The fourth-order valence-corrected chi connectivity index (χ4v) is 5.26. The van der Waals surface area contributed by atoms with Gasteiger partial charge in [0, 0.05) is 6.54 Å². The van der Waals surface area contributed by atoms with Crippen LogP contribution in [0.25, 0.3) is 0 Å². The summed E-state index contributed by atoms with van der Waals surface area (Å²) in [5.74, 6) is -0.924. The summed E-state index contributed by atoms with van der Waals surface area (Å²) in [6.07, 6.45) is -0.951. The number of urea groups is 1. The molecule has 0 radical (unpaired) electrons. The lowest BCUT2D eigenvalue weighted by Gasteiger charge is -2.32. The normalized spacial score (nSPS) is 14.3. The molecule has 0 heterocycles. The van der Waals surface area contributed by atoms with E-state index in [0.717, 1.165) is 11.1 Å². The molecule has 0 aromatic heterocycles. The van der Waals surface area contributed by atoms with E-state index in [0.29, 0.717) is 12.8 Å². The van der Waals surface area contributed by atoms with Crippen molar-refractivity contribution in [3.8, 4) is 0 Å². The van der Waals surface area contributed by atoms with Crippen LogP contribution in [-0.2, 0) is 32.0 Å². The summed E-state index contributed by atoms with van der Waals surface area (Å²) in [6.45, 7) is 18.3. The van der Waals surface area contributed by atoms with E-state index in [1.165, 1.54) is 4.90 Å². The maximum absolute atomic E-state index is 14.1. The lowest BCUT2D eigenvalue weighted by atomic mass is 10.00. The van der Waals surface area contributed by atoms with E-state index in [9.17, 15) is 24.3 Å². The standard InChI is InChI=1S/C39H60N4O7/c1-26(2)21-31(34(45)40-32(22-27(3)4)35(46)49-38(5,6)7)41-36(47)43(24-29-19-15-12-16-20-29)25-33(44)30(23-28-17-13-11-14-18-28)42-37(48)50-39(8,9)10/h11-20,26-27,30-33,44H,21-25H2,1-10H3,(H,40,45)(H,41,47)(H,42,48)/t30-,31-,32+,33+/m0/s1. The second kappa shape index (κ2) is 19.3. The minimum Gasteiger partial charge on any atom is -0.458 e. The number of carbonyl (C=O) groups excluding carboxylic acids is 4. The molecule has 0 aliphatic heterocycles.